The SMILES string of the molecule is COc1ccc(-c2cccc(C)c2)c2cc(C(C)=O)oc12.NC=O. The summed E-state index contributed by atoms with van der Waals surface area (Å²) in [7, 11) is 1.59. The third-order valence-corrected chi connectivity index (χ3v) is 3.54. The van der Waals surface area contributed by atoms with E-state index in [2.05, 4.69) is 30.9 Å². The van der Waals surface area contributed by atoms with Crippen LogP contribution in [0.4, 0.5) is 0 Å². The van der Waals surface area contributed by atoms with E-state index in [1.54, 1.807) is 13.2 Å². The van der Waals surface area contributed by atoms with Gasteiger partial charge < -0.3 is 14.9 Å². The number of amides is 1. The highest BCUT2D eigenvalue weighted by Gasteiger charge is 2.16. The molecule has 1 heterocycles. The maximum Gasteiger partial charge on any atom is 0.204 e. The number of fused-ring (bicyclic) bond motifs is 1. The van der Waals surface area contributed by atoms with E-state index in [4.69, 9.17) is 13.9 Å². The Morgan fingerprint density at radius 2 is 1.92 bits per heavy atom. The lowest BCUT2D eigenvalue weighted by molar-refractivity contribution is -0.106. The van der Waals surface area contributed by atoms with Crippen LogP contribution in [0.5, 0.6) is 5.75 Å². The quantitative estimate of drug-likeness (QED) is 0.587. The first kappa shape index (κ1) is 17.3. The topological polar surface area (TPSA) is 82.5 Å². The van der Waals surface area contributed by atoms with Gasteiger partial charge >= 0.3 is 0 Å². The molecule has 124 valence electrons. The summed E-state index contributed by atoms with van der Waals surface area (Å²) in [5.41, 5.74) is 8.10. The molecule has 0 fully saturated rings. The number of Topliss-reactive ketones (excluding diaryl/α,β-unsaturated/α-hetero) is 1. The molecule has 5 nitrogen and oxygen atoms in total. The number of methoxy groups -OCH3 is 1. The number of hydrogen-bond acceptors (Lipinski definition) is 4. The number of aryl methyl sites for hydroxylation is 1. The summed E-state index contributed by atoms with van der Waals surface area (Å²) in [6.07, 6.45) is 0.250. The fourth-order valence-corrected chi connectivity index (χ4v) is 2.50. The van der Waals surface area contributed by atoms with Crippen LogP contribution in [0.1, 0.15) is 23.0 Å². The van der Waals surface area contributed by atoms with Crippen molar-refractivity contribution < 1.29 is 18.7 Å². The summed E-state index contributed by atoms with van der Waals surface area (Å²) < 4.78 is 11.0. The van der Waals surface area contributed by atoms with Gasteiger partial charge in [-0.15, -0.1) is 0 Å². The van der Waals surface area contributed by atoms with E-state index in [1.165, 1.54) is 12.5 Å². The summed E-state index contributed by atoms with van der Waals surface area (Å²) in [4.78, 5) is 20.2. The van der Waals surface area contributed by atoms with Crippen LogP contribution in [0.3, 0.4) is 0 Å². The summed E-state index contributed by atoms with van der Waals surface area (Å²) in [6.45, 7) is 3.55. The van der Waals surface area contributed by atoms with Crippen molar-refractivity contribution in [2.45, 2.75) is 13.8 Å². The number of ether oxygens (including phenoxy) is 1. The molecule has 2 N–H and O–H groups in total. The Balaban J connectivity index is 0.000000647. The number of carbonyl (C=O) groups is 2. The molecule has 1 aromatic heterocycles. The molecule has 0 aliphatic rings. The molecule has 0 unspecified atom stereocenters. The predicted molar refractivity (Wildman–Crippen MR) is 93.2 cm³/mol. The molecule has 3 rings (SSSR count). The second kappa shape index (κ2) is 7.46. The predicted octanol–water partition coefficient (Wildman–Crippen LogP) is 3.72. The van der Waals surface area contributed by atoms with Gasteiger partial charge in [-0.3, -0.25) is 9.59 Å². The third-order valence-electron chi connectivity index (χ3n) is 3.54. The molecule has 2 aromatic carbocycles. The van der Waals surface area contributed by atoms with Crippen LogP contribution in [0, 0.1) is 6.92 Å². The standard InChI is InChI=1S/C18H16O3.CH3NO/c1-11-5-4-6-13(9-11)14-7-8-16(20-3)18-15(14)10-17(21-18)12(2)19;2-1-3/h4-10H,1-3H3;1H,(H2,2,3). The molecule has 0 saturated carbocycles. The van der Waals surface area contributed by atoms with Crippen molar-refractivity contribution in [3.8, 4) is 16.9 Å². The van der Waals surface area contributed by atoms with Gasteiger partial charge in [0.15, 0.2) is 22.9 Å². The normalized spacial score (nSPS) is 9.96. The minimum absolute atomic E-state index is 0.0940. The Kier molecular flexibility index (Phi) is 5.37. The number of rotatable bonds is 3. The Morgan fingerprint density at radius 3 is 2.50 bits per heavy atom. The second-order valence-electron chi connectivity index (χ2n) is 5.23. The lowest BCUT2D eigenvalue weighted by Crippen LogP contribution is -1.86. The van der Waals surface area contributed by atoms with Gasteiger partial charge in [-0.1, -0.05) is 29.8 Å². The lowest BCUT2D eigenvalue weighted by atomic mass is 9.99. The zero-order chi connectivity index (χ0) is 17.7. The van der Waals surface area contributed by atoms with Crippen LogP contribution in [0.2, 0.25) is 0 Å². The summed E-state index contributed by atoms with van der Waals surface area (Å²) in [5.74, 6) is 0.890. The van der Waals surface area contributed by atoms with Gasteiger partial charge in [0.25, 0.3) is 0 Å². The minimum Gasteiger partial charge on any atom is -0.493 e. The Bertz CT molecular complexity index is 880. The van der Waals surface area contributed by atoms with Gasteiger partial charge in [0, 0.05) is 12.3 Å². The van der Waals surface area contributed by atoms with Gasteiger partial charge in [0.1, 0.15) is 0 Å². The summed E-state index contributed by atoms with van der Waals surface area (Å²) >= 11 is 0. The molecule has 5 heteroatoms. The van der Waals surface area contributed by atoms with Crippen LogP contribution in [-0.2, 0) is 4.79 Å². The van der Waals surface area contributed by atoms with Gasteiger partial charge in [-0.05, 0) is 36.2 Å². The molecule has 0 spiro atoms. The first-order valence-electron chi connectivity index (χ1n) is 7.35. The molecule has 0 bridgehead atoms. The molecule has 0 saturated heterocycles. The van der Waals surface area contributed by atoms with Crippen LogP contribution >= 0.6 is 0 Å². The number of primary amides is 1. The molecule has 0 atom stereocenters. The van der Waals surface area contributed by atoms with E-state index >= 15 is 0 Å². The van der Waals surface area contributed by atoms with E-state index in [9.17, 15) is 4.79 Å². The van der Waals surface area contributed by atoms with E-state index in [0.29, 0.717) is 17.1 Å². The van der Waals surface area contributed by atoms with Crippen LogP contribution in [0.15, 0.2) is 46.9 Å². The summed E-state index contributed by atoms with van der Waals surface area (Å²) in [5, 5.41) is 0.894. The number of ketones is 1. The number of carbonyl (C=O) groups excluding carboxylic acids is 2. The minimum atomic E-state index is -0.0940. The van der Waals surface area contributed by atoms with E-state index in [0.717, 1.165) is 16.5 Å². The zero-order valence-corrected chi connectivity index (χ0v) is 13.8. The van der Waals surface area contributed by atoms with Crippen molar-refractivity contribution in [2.75, 3.05) is 7.11 Å². The number of hydrogen-bond donors (Lipinski definition) is 1. The highest BCUT2D eigenvalue weighted by Crippen LogP contribution is 2.36. The fraction of sp³-hybridized carbons (Fsp3) is 0.158. The zero-order valence-electron chi connectivity index (χ0n) is 13.8. The lowest BCUT2D eigenvalue weighted by Gasteiger charge is -2.07. The van der Waals surface area contributed by atoms with Crippen molar-refractivity contribution in [1.82, 2.24) is 0 Å². The highest BCUT2D eigenvalue weighted by molar-refractivity contribution is 6.03. The monoisotopic (exact) mass is 325 g/mol. The second-order valence-corrected chi connectivity index (χ2v) is 5.23. The van der Waals surface area contributed by atoms with Gasteiger partial charge in [-0.2, -0.15) is 0 Å². The average molecular weight is 325 g/mol. The number of furan rings is 1. The molecule has 0 aliphatic carbocycles. The van der Waals surface area contributed by atoms with Crippen LogP contribution < -0.4 is 10.5 Å². The third kappa shape index (κ3) is 3.46. The van der Waals surface area contributed by atoms with Crippen LogP contribution in [0.25, 0.3) is 22.1 Å². The maximum atomic E-state index is 11.6. The largest absolute Gasteiger partial charge is 0.493 e. The molecule has 0 aliphatic heterocycles. The average Bonchev–Trinajstić information content (AvgIpc) is 3.00. The van der Waals surface area contributed by atoms with Crippen molar-refractivity contribution >= 4 is 23.2 Å². The van der Waals surface area contributed by atoms with E-state index < -0.39 is 0 Å². The van der Waals surface area contributed by atoms with Crippen molar-refractivity contribution in [1.29, 1.82) is 0 Å². The van der Waals surface area contributed by atoms with E-state index in [-0.39, 0.29) is 12.2 Å². The Morgan fingerprint density at radius 1 is 1.21 bits per heavy atom. The molecular weight excluding hydrogens is 306 g/mol. The molecule has 0 radical (unpaired) electrons. The fourth-order valence-electron chi connectivity index (χ4n) is 2.50. The molecule has 3 aromatic rings. The Labute approximate surface area is 140 Å². The van der Waals surface area contributed by atoms with Crippen molar-refractivity contribution in [3.05, 3.63) is 53.8 Å². The summed E-state index contributed by atoms with van der Waals surface area (Å²) in [6, 6.07) is 13.9. The van der Waals surface area contributed by atoms with Gasteiger partial charge in [-0.25, -0.2) is 0 Å². The van der Waals surface area contributed by atoms with Crippen LogP contribution in [-0.4, -0.2) is 19.3 Å². The smallest absolute Gasteiger partial charge is 0.204 e. The maximum absolute atomic E-state index is 11.6. The van der Waals surface area contributed by atoms with Gasteiger partial charge in [0.05, 0.1) is 7.11 Å². The Hall–Kier alpha value is -3.08. The molecule has 1 amide bonds. The first-order valence-corrected chi connectivity index (χ1v) is 7.35. The van der Waals surface area contributed by atoms with Crippen molar-refractivity contribution in [2.24, 2.45) is 5.73 Å². The van der Waals surface area contributed by atoms with Crippen molar-refractivity contribution in [3.63, 3.8) is 0 Å². The van der Waals surface area contributed by atoms with E-state index in [1.807, 2.05) is 18.2 Å². The number of benzene rings is 2. The highest BCUT2D eigenvalue weighted by atomic mass is 16.5. The van der Waals surface area contributed by atoms with Gasteiger partial charge in [0.2, 0.25) is 6.41 Å². The first-order chi connectivity index (χ1) is 11.5. The number of nitrogens with two attached hydrogens (primary N) is 1. The molecular formula is C19H19NO4. The molecule has 24 heavy (non-hydrogen) atoms.